The van der Waals surface area contributed by atoms with Crippen LogP contribution < -0.4 is 14.2 Å². The van der Waals surface area contributed by atoms with Crippen LogP contribution in [0.2, 0.25) is 5.02 Å². The van der Waals surface area contributed by atoms with Crippen molar-refractivity contribution in [1.82, 2.24) is 34.6 Å². The highest BCUT2D eigenvalue weighted by molar-refractivity contribution is 7.22. The van der Waals surface area contributed by atoms with E-state index in [0.717, 1.165) is 70.0 Å². The molecule has 1 atom stereocenters. The molecule has 3 aromatic heterocycles. The second-order valence-corrected chi connectivity index (χ2v) is 18.3. The summed E-state index contributed by atoms with van der Waals surface area (Å²) in [6.07, 6.45) is 2.22. The van der Waals surface area contributed by atoms with Crippen molar-refractivity contribution in [3.8, 4) is 50.3 Å². The number of benzene rings is 4. The standard InChI is InChI=1S/C52H51ClFN7O6S/c1-5-65-52(63)43-27-36-26-33(10-17-41(36)66-30-38-18-20-55-49(58-38)40-8-6-7-9-42(40)64-4)28-61(44(62)19-21-60-24-22-59(3)23-25-60)29-35-13-16-39(32(2)47(35)53)45-46-50(67-43)56-31-57-51(46)68-48(45)34-11-14-37(54)15-12-34/h6-18,20,26,31,43H,5,19,21-25,27-30H2,1-4H3/t43-/m1/s1. The monoisotopic (exact) mass is 955 g/mol. The van der Waals surface area contributed by atoms with Crippen LogP contribution in [0.15, 0.2) is 97.5 Å². The number of amides is 1. The molecule has 1 fully saturated rings. The van der Waals surface area contributed by atoms with Gasteiger partial charge in [-0.25, -0.2) is 29.1 Å². The van der Waals surface area contributed by atoms with Crippen LogP contribution in [0, 0.1) is 12.7 Å². The molecule has 68 heavy (non-hydrogen) atoms. The molecule has 6 heterocycles. The SMILES string of the molecule is CCOC(=O)[C@H]1Cc2cc(ccc2OCc2ccnc(-c3ccccc3OC)n2)CN(C(=O)CCN2CCN(C)CC2)Cc2ccc(c(C)c2Cl)-c2c(-c3ccc(F)cc3)sc3ncnc(c23)O1. The number of hydrogen-bond acceptors (Lipinski definition) is 13. The first kappa shape index (κ1) is 46.6. The lowest BCUT2D eigenvalue weighted by Gasteiger charge is -2.33. The highest BCUT2D eigenvalue weighted by Crippen LogP contribution is 2.49. The number of rotatable bonds is 11. The van der Waals surface area contributed by atoms with Crippen molar-refractivity contribution in [2.75, 3.05) is 53.5 Å². The second-order valence-electron chi connectivity index (χ2n) is 16.9. The van der Waals surface area contributed by atoms with Crippen LogP contribution in [0.3, 0.4) is 0 Å². The van der Waals surface area contributed by atoms with E-state index in [0.29, 0.717) is 56.8 Å². The number of aromatic nitrogens is 4. The second kappa shape index (κ2) is 20.8. The van der Waals surface area contributed by atoms with E-state index in [-0.39, 0.29) is 50.3 Å². The topological polar surface area (TPSA) is 132 Å². The molecule has 16 heteroatoms. The number of esters is 1. The molecule has 3 aliphatic heterocycles. The Balaban J connectivity index is 1.15. The first-order valence-corrected chi connectivity index (χ1v) is 23.8. The van der Waals surface area contributed by atoms with Crippen LogP contribution in [0.4, 0.5) is 4.39 Å². The Kier molecular flexibility index (Phi) is 14.2. The van der Waals surface area contributed by atoms with Crippen molar-refractivity contribution < 1.29 is 32.9 Å². The fourth-order valence-electron chi connectivity index (χ4n) is 8.69. The maximum absolute atomic E-state index is 14.5. The van der Waals surface area contributed by atoms with Crippen molar-refractivity contribution in [3.05, 3.63) is 136 Å². The molecule has 350 valence electrons. The quantitative estimate of drug-likeness (QED) is 0.115. The zero-order valence-corrected chi connectivity index (χ0v) is 39.9. The average molecular weight is 957 g/mol. The van der Waals surface area contributed by atoms with E-state index < -0.39 is 12.1 Å². The summed E-state index contributed by atoms with van der Waals surface area (Å²) in [6, 6.07) is 25.3. The predicted octanol–water partition coefficient (Wildman–Crippen LogP) is 9.20. The zero-order valence-electron chi connectivity index (χ0n) is 38.3. The normalized spacial score (nSPS) is 15.6. The summed E-state index contributed by atoms with van der Waals surface area (Å²) in [7, 11) is 3.72. The number of carbonyl (C=O) groups excluding carboxylic acids is 2. The van der Waals surface area contributed by atoms with Crippen LogP contribution in [0.25, 0.3) is 43.2 Å². The number of carbonyl (C=O) groups is 2. The highest BCUT2D eigenvalue weighted by Gasteiger charge is 2.31. The van der Waals surface area contributed by atoms with Gasteiger partial charge in [0.2, 0.25) is 17.9 Å². The lowest BCUT2D eigenvalue weighted by atomic mass is 9.94. The van der Waals surface area contributed by atoms with Crippen molar-refractivity contribution in [3.63, 3.8) is 0 Å². The van der Waals surface area contributed by atoms with Gasteiger partial charge in [0, 0.05) is 80.3 Å². The third kappa shape index (κ3) is 10.2. The first-order valence-electron chi connectivity index (χ1n) is 22.6. The number of fused-ring (bicyclic) bond motifs is 6. The van der Waals surface area contributed by atoms with E-state index in [4.69, 9.17) is 35.5 Å². The van der Waals surface area contributed by atoms with Crippen molar-refractivity contribution in [2.45, 2.75) is 52.5 Å². The Morgan fingerprint density at radius 2 is 1.72 bits per heavy atom. The molecule has 1 saturated heterocycles. The van der Waals surface area contributed by atoms with Gasteiger partial charge in [0.15, 0.2) is 5.82 Å². The van der Waals surface area contributed by atoms with E-state index >= 15 is 0 Å². The molecule has 1 amide bonds. The number of halogens is 2. The van der Waals surface area contributed by atoms with Gasteiger partial charge in [0.05, 0.1) is 30.4 Å². The van der Waals surface area contributed by atoms with E-state index in [1.165, 1.54) is 29.8 Å². The molecule has 0 radical (unpaired) electrons. The summed E-state index contributed by atoms with van der Waals surface area (Å²) in [5.74, 6) is 0.783. The average Bonchev–Trinajstić information content (AvgIpc) is 3.74. The lowest BCUT2D eigenvalue weighted by molar-refractivity contribution is -0.151. The molecule has 0 spiro atoms. The van der Waals surface area contributed by atoms with Crippen molar-refractivity contribution in [1.29, 1.82) is 0 Å². The van der Waals surface area contributed by atoms with E-state index in [9.17, 15) is 14.0 Å². The van der Waals surface area contributed by atoms with Crippen LogP contribution in [-0.4, -0.2) is 106 Å². The van der Waals surface area contributed by atoms with Gasteiger partial charge >= 0.3 is 5.97 Å². The Morgan fingerprint density at radius 1 is 0.912 bits per heavy atom. The van der Waals surface area contributed by atoms with Gasteiger partial charge in [0.25, 0.3) is 0 Å². The number of ether oxygens (including phenoxy) is 4. The maximum Gasteiger partial charge on any atom is 0.347 e. The molecule has 4 bridgehead atoms. The van der Waals surface area contributed by atoms with Gasteiger partial charge in [0.1, 0.15) is 35.1 Å². The van der Waals surface area contributed by atoms with Crippen LogP contribution in [0.1, 0.15) is 41.3 Å². The summed E-state index contributed by atoms with van der Waals surface area (Å²) in [5, 5.41) is 1.06. The number of thiophene rings is 1. The third-order valence-corrected chi connectivity index (χ3v) is 14.1. The largest absolute Gasteiger partial charge is 0.496 e. The van der Waals surface area contributed by atoms with E-state index in [1.807, 2.05) is 66.4 Å². The number of hydrogen-bond donors (Lipinski definition) is 0. The number of likely N-dealkylation sites (N-methyl/N-ethyl adjacent to an activating group) is 1. The maximum atomic E-state index is 14.5. The van der Waals surface area contributed by atoms with Gasteiger partial charge in [-0.3, -0.25) is 4.79 Å². The summed E-state index contributed by atoms with van der Waals surface area (Å²) in [6.45, 7) is 8.68. The number of methoxy groups -OCH3 is 1. The van der Waals surface area contributed by atoms with Gasteiger partial charge in [-0.1, -0.05) is 60.1 Å². The molecular formula is C52H51ClFN7O6S. The van der Waals surface area contributed by atoms with E-state index in [2.05, 4.69) is 31.8 Å². The van der Waals surface area contributed by atoms with Gasteiger partial charge in [-0.2, -0.15) is 0 Å². The summed E-state index contributed by atoms with van der Waals surface area (Å²) < 4.78 is 38.9. The minimum atomic E-state index is -1.20. The van der Waals surface area contributed by atoms with Crippen LogP contribution in [0.5, 0.6) is 17.4 Å². The first-order chi connectivity index (χ1) is 33.1. The summed E-state index contributed by atoms with van der Waals surface area (Å²) in [4.78, 5) is 55.1. The summed E-state index contributed by atoms with van der Waals surface area (Å²) in [5.41, 5.74) is 6.59. The molecule has 4 aromatic carbocycles. The Bertz CT molecular complexity index is 2960. The van der Waals surface area contributed by atoms with E-state index in [1.54, 1.807) is 38.4 Å². The molecule has 13 nitrogen and oxygen atoms in total. The Morgan fingerprint density at radius 3 is 2.51 bits per heavy atom. The summed E-state index contributed by atoms with van der Waals surface area (Å²) >= 11 is 8.77. The zero-order chi connectivity index (χ0) is 47.3. The molecule has 10 rings (SSSR count). The van der Waals surface area contributed by atoms with Crippen LogP contribution in [-0.2, 0) is 40.4 Å². The van der Waals surface area contributed by atoms with Gasteiger partial charge in [-0.05, 0) is 90.7 Å². The minimum absolute atomic E-state index is 0.0173. The molecular weight excluding hydrogens is 905 g/mol. The van der Waals surface area contributed by atoms with Crippen molar-refractivity contribution in [2.24, 2.45) is 0 Å². The molecule has 0 aliphatic carbocycles. The van der Waals surface area contributed by atoms with Crippen LogP contribution >= 0.6 is 22.9 Å². The smallest absolute Gasteiger partial charge is 0.347 e. The van der Waals surface area contributed by atoms with Gasteiger partial charge < -0.3 is 33.6 Å². The number of para-hydroxylation sites is 1. The molecule has 0 saturated carbocycles. The Labute approximate surface area is 403 Å². The molecule has 7 aromatic rings. The van der Waals surface area contributed by atoms with Gasteiger partial charge in [-0.15, -0.1) is 11.3 Å². The predicted molar refractivity (Wildman–Crippen MR) is 260 cm³/mol. The minimum Gasteiger partial charge on any atom is -0.496 e. The Hall–Kier alpha value is -6.52. The fourth-order valence-corrected chi connectivity index (χ4v) is 10.1. The third-order valence-electron chi connectivity index (χ3n) is 12.4. The lowest BCUT2D eigenvalue weighted by Crippen LogP contribution is -2.45. The number of piperazine rings is 1. The molecule has 0 unspecified atom stereocenters. The highest BCUT2D eigenvalue weighted by atomic mass is 35.5. The number of nitrogens with zero attached hydrogens (tertiary/aromatic N) is 7. The molecule has 0 N–H and O–H groups in total. The fraction of sp³-hybridized carbons (Fsp3) is 0.308. The van der Waals surface area contributed by atoms with Crippen molar-refractivity contribution >= 4 is 45.0 Å². The molecule has 3 aliphatic rings.